The zero-order chi connectivity index (χ0) is 24.0. The number of carbonyl (C=O) groups is 5. The highest BCUT2D eigenvalue weighted by Gasteiger charge is 2.55. The van der Waals surface area contributed by atoms with E-state index >= 15 is 0 Å². The summed E-state index contributed by atoms with van der Waals surface area (Å²) in [6.07, 6.45) is 2.81. The van der Waals surface area contributed by atoms with E-state index in [1.165, 1.54) is 13.8 Å². The Balaban J connectivity index is 1.45. The molecule has 0 aromatic heterocycles. The van der Waals surface area contributed by atoms with Gasteiger partial charge in [0.1, 0.15) is 17.6 Å². The Bertz CT molecular complexity index is 995. The summed E-state index contributed by atoms with van der Waals surface area (Å²) in [6.45, 7) is 2.80. The SMILES string of the molecule is CC1(C)OC(=O)C(=C/C=C/C2=C(O)OC3(CCC4(CC3)OC(=O)CC(=O)O4)OC2=O)C(=O)O1. The molecule has 3 aliphatic heterocycles. The number of aliphatic hydroxyl groups is 1. The Kier molecular flexibility index (Phi) is 5.18. The first-order chi connectivity index (χ1) is 15.4. The van der Waals surface area contributed by atoms with Crippen molar-refractivity contribution in [2.45, 2.75) is 63.3 Å². The number of carbonyl (C=O) groups excluding carboxylic acids is 5. The summed E-state index contributed by atoms with van der Waals surface area (Å²) < 4.78 is 31.1. The van der Waals surface area contributed by atoms with Gasteiger partial charge in [-0.1, -0.05) is 6.08 Å². The van der Waals surface area contributed by atoms with Gasteiger partial charge in [-0.05, 0) is 12.2 Å². The molecule has 1 aliphatic carbocycles. The molecule has 12 nitrogen and oxygen atoms in total. The Labute approximate surface area is 186 Å². The molecular weight excluding hydrogens is 444 g/mol. The van der Waals surface area contributed by atoms with Crippen molar-refractivity contribution in [1.29, 1.82) is 0 Å². The number of aliphatic hydroxyl groups excluding tert-OH is 1. The van der Waals surface area contributed by atoms with Gasteiger partial charge < -0.3 is 33.5 Å². The molecule has 0 aromatic carbocycles. The molecule has 0 amide bonds. The van der Waals surface area contributed by atoms with Crippen molar-refractivity contribution in [3.63, 3.8) is 0 Å². The van der Waals surface area contributed by atoms with Gasteiger partial charge >= 0.3 is 29.8 Å². The predicted octanol–water partition coefficient (Wildman–Crippen LogP) is 1.10. The molecule has 0 unspecified atom stereocenters. The first kappa shape index (κ1) is 22.4. The second-order valence-corrected chi connectivity index (χ2v) is 8.28. The second kappa shape index (κ2) is 7.64. The molecule has 3 fully saturated rings. The maximum atomic E-state index is 12.5. The van der Waals surface area contributed by atoms with E-state index in [1.807, 2.05) is 0 Å². The third kappa shape index (κ3) is 4.41. The van der Waals surface area contributed by atoms with Crippen LogP contribution in [-0.4, -0.2) is 52.3 Å². The highest BCUT2D eigenvalue weighted by atomic mass is 16.8. The fraction of sp³-hybridized carbons (Fsp3) is 0.476. The van der Waals surface area contributed by atoms with Gasteiger partial charge in [-0.3, -0.25) is 9.59 Å². The van der Waals surface area contributed by atoms with Crippen LogP contribution in [0.3, 0.4) is 0 Å². The van der Waals surface area contributed by atoms with Crippen molar-refractivity contribution in [2.24, 2.45) is 0 Å². The molecule has 33 heavy (non-hydrogen) atoms. The molecule has 2 saturated heterocycles. The van der Waals surface area contributed by atoms with E-state index < -0.39 is 65.1 Å². The van der Waals surface area contributed by atoms with Crippen molar-refractivity contribution < 1.29 is 57.5 Å². The van der Waals surface area contributed by atoms with E-state index in [4.69, 9.17) is 28.4 Å². The number of hydrogen-bond donors (Lipinski definition) is 1. The smallest absolute Gasteiger partial charge is 0.348 e. The maximum absolute atomic E-state index is 12.5. The van der Waals surface area contributed by atoms with Crippen molar-refractivity contribution in [1.82, 2.24) is 0 Å². The van der Waals surface area contributed by atoms with Crippen LogP contribution in [0.25, 0.3) is 0 Å². The molecule has 2 spiro atoms. The fourth-order valence-corrected chi connectivity index (χ4v) is 3.79. The number of ether oxygens (including phenoxy) is 6. The Hall–Kier alpha value is -3.83. The van der Waals surface area contributed by atoms with E-state index in [0.29, 0.717) is 0 Å². The van der Waals surface area contributed by atoms with Crippen LogP contribution in [0.4, 0.5) is 0 Å². The van der Waals surface area contributed by atoms with Gasteiger partial charge in [-0.2, -0.15) is 0 Å². The van der Waals surface area contributed by atoms with Crippen molar-refractivity contribution in [3.05, 3.63) is 35.3 Å². The van der Waals surface area contributed by atoms with E-state index in [0.717, 1.165) is 18.2 Å². The normalized spacial score (nSPS) is 25.8. The number of rotatable bonds is 2. The van der Waals surface area contributed by atoms with Crippen LogP contribution < -0.4 is 0 Å². The molecule has 1 N–H and O–H groups in total. The fourth-order valence-electron chi connectivity index (χ4n) is 3.79. The molecule has 1 saturated carbocycles. The van der Waals surface area contributed by atoms with Crippen LogP contribution in [0, 0.1) is 0 Å². The number of cyclic esters (lactones) is 2. The predicted molar refractivity (Wildman–Crippen MR) is 101 cm³/mol. The van der Waals surface area contributed by atoms with Crippen molar-refractivity contribution in [2.75, 3.05) is 0 Å². The average molecular weight is 464 g/mol. The van der Waals surface area contributed by atoms with Crippen LogP contribution in [-0.2, 0) is 52.4 Å². The topological polar surface area (TPSA) is 161 Å². The zero-order valence-corrected chi connectivity index (χ0v) is 17.7. The summed E-state index contributed by atoms with van der Waals surface area (Å²) in [6, 6.07) is 0. The molecule has 3 heterocycles. The van der Waals surface area contributed by atoms with E-state index in [2.05, 4.69) is 0 Å². The van der Waals surface area contributed by atoms with Gasteiger partial charge in [0.15, 0.2) is 0 Å². The second-order valence-electron chi connectivity index (χ2n) is 8.28. The summed E-state index contributed by atoms with van der Waals surface area (Å²) in [7, 11) is 0. The maximum Gasteiger partial charge on any atom is 0.348 e. The first-order valence-electron chi connectivity index (χ1n) is 10.1. The minimum absolute atomic E-state index is 0.00286. The van der Waals surface area contributed by atoms with Gasteiger partial charge in [0.05, 0.1) is 0 Å². The summed E-state index contributed by atoms with van der Waals surface area (Å²) in [4.78, 5) is 59.6. The molecule has 0 radical (unpaired) electrons. The Morgan fingerprint density at radius 2 is 1.24 bits per heavy atom. The lowest BCUT2D eigenvalue weighted by Gasteiger charge is -2.45. The monoisotopic (exact) mass is 464 g/mol. The number of esters is 5. The van der Waals surface area contributed by atoms with Crippen LogP contribution in [0.2, 0.25) is 0 Å². The van der Waals surface area contributed by atoms with Crippen LogP contribution >= 0.6 is 0 Å². The minimum Gasteiger partial charge on any atom is -0.480 e. The summed E-state index contributed by atoms with van der Waals surface area (Å²) in [5, 5.41) is 10.3. The van der Waals surface area contributed by atoms with Gasteiger partial charge in [0.25, 0.3) is 23.3 Å². The Morgan fingerprint density at radius 1 is 0.727 bits per heavy atom. The van der Waals surface area contributed by atoms with Crippen LogP contribution in [0.1, 0.15) is 46.0 Å². The van der Waals surface area contributed by atoms with E-state index in [9.17, 15) is 29.1 Å². The Morgan fingerprint density at radius 3 is 1.76 bits per heavy atom. The van der Waals surface area contributed by atoms with Crippen LogP contribution in [0.15, 0.2) is 35.3 Å². The number of allylic oxidation sites excluding steroid dienone is 2. The molecule has 0 bridgehead atoms. The molecular formula is C21H20O12. The molecule has 176 valence electrons. The van der Waals surface area contributed by atoms with E-state index in [-0.39, 0.29) is 31.3 Å². The highest BCUT2D eigenvalue weighted by molar-refractivity contribution is 6.15. The molecule has 12 heteroatoms. The summed E-state index contributed by atoms with van der Waals surface area (Å²) >= 11 is 0. The molecule has 0 aromatic rings. The zero-order valence-electron chi connectivity index (χ0n) is 17.7. The largest absolute Gasteiger partial charge is 0.480 e. The van der Waals surface area contributed by atoms with Crippen LogP contribution in [0.5, 0.6) is 0 Å². The summed E-state index contributed by atoms with van der Waals surface area (Å²) in [5.41, 5.74) is -0.757. The number of hydrogen-bond acceptors (Lipinski definition) is 12. The average Bonchev–Trinajstić information content (AvgIpc) is 2.67. The van der Waals surface area contributed by atoms with Crippen molar-refractivity contribution >= 4 is 29.8 Å². The lowest BCUT2D eigenvalue weighted by molar-refractivity contribution is -0.300. The van der Waals surface area contributed by atoms with Gasteiger partial charge in [-0.25, -0.2) is 14.4 Å². The van der Waals surface area contributed by atoms with Crippen molar-refractivity contribution in [3.8, 4) is 0 Å². The molecule has 0 atom stereocenters. The third-order valence-corrected chi connectivity index (χ3v) is 5.32. The van der Waals surface area contributed by atoms with Gasteiger partial charge in [-0.15, -0.1) is 0 Å². The lowest BCUT2D eigenvalue weighted by atomic mass is 9.87. The quantitative estimate of drug-likeness (QED) is 0.204. The minimum atomic E-state index is -1.53. The third-order valence-electron chi connectivity index (χ3n) is 5.32. The first-order valence-corrected chi connectivity index (χ1v) is 10.1. The summed E-state index contributed by atoms with van der Waals surface area (Å²) in [5.74, 6) is -9.23. The van der Waals surface area contributed by atoms with Gasteiger partial charge in [0.2, 0.25) is 0 Å². The van der Waals surface area contributed by atoms with Gasteiger partial charge in [0, 0.05) is 39.5 Å². The molecule has 4 aliphatic rings. The standard InChI is InChI=1S/C21H20O12/c1-19(2)30-15(24)11(16(25)31-19)4-3-5-12-17(26)32-21(33-18(12)27)8-6-20(7-9-21)28-13(22)10-14(23)29-20/h3-5,26H,6-10H2,1-2H3/b5-3+. The highest BCUT2D eigenvalue weighted by Crippen LogP contribution is 2.45. The lowest BCUT2D eigenvalue weighted by Crippen LogP contribution is -2.54. The van der Waals surface area contributed by atoms with E-state index in [1.54, 1.807) is 0 Å². The molecule has 4 rings (SSSR count).